The van der Waals surface area contributed by atoms with Crippen LogP contribution in [0.5, 0.6) is 0 Å². The first-order valence-electron chi connectivity index (χ1n) is 22.3. The molecule has 0 atom stereocenters. The smallest absolute Gasteiger partial charge is 0.333 e. The molecule has 0 amide bonds. The van der Waals surface area contributed by atoms with E-state index in [1.54, 1.807) is 0 Å². The van der Waals surface area contributed by atoms with Crippen molar-refractivity contribution in [3.63, 3.8) is 0 Å². The van der Waals surface area contributed by atoms with Crippen LogP contribution < -0.4 is 15.7 Å². The van der Waals surface area contributed by atoms with Crippen LogP contribution in [0.3, 0.4) is 0 Å². The van der Waals surface area contributed by atoms with E-state index in [-0.39, 0.29) is 23.1 Å². The quantitative estimate of drug-likeness (QED) is 0.150. The summed E-state index contributed by atoms with van der Waals surface area (Å²) in [4.78, 5) is 2.72. The number of rotatable bonds is 1. The Morgan fingerprint density at radius 1 is 0.516 bits per heavy atom. The Balaban J connectivity index is 1.17. The van der Waals surface area contributed by atoms with Gasteiger partial charge >= 0.3 is 6.85 Å². The van der Waals surface area contributed by atoms with Crippen molar-refractivity contribution in [1.82, 2.24) is 4.57 Å². The molecule has 4 heterocycles. The number of benzene rings is 8. The zero-order valence-corrected chi connectivity index (χ0v) is 37.1. The van der Waals surface area contributed by atoms with Gasteiger partial charge in [-0.2, -0.15) is 0 Å². The first kappa shape index (κ1) is 35.3. The van der Waals surface area contributed by atoms with Crippen LogP contribution in [-0.2, 0) is 16.2 Å². The number of nitrogens with zero attached hydrogens (tertiary/aromatic N) is 2. The largest absolute Gasteiger partial charge is 0.376 e. The molecule has 0 N–H and O–H groups in total. The third-order valence-electron chi connectivity index (χ3n) is 15.5. The van der Waals surface area contributed by atoms with Crippen LogP contribution in [0.15, 0.2) is 146 Å². The fourth-order valence-corrected chi connectivity index (χ4v) is 13.6. The van der Waals surface area contributed by atoms with Crippen LogP contribution in [0.1, 0.15) is 76.3 Å². The second-order valence-corrected chi connectivity index (χ2v) is 21.6. The molecule has 2 aromatic heterocycles. The van der Waals surface area contributed by atoms with Crippen molar-refractivity contribution in [3.05, 3.63) is 173 Å². The second kappa shape index (κ2) is 11.4. The molecule has 0 saturated carbocycles. The van der Waals surface area contributed by atoms with E-state index in [9.17, 15) is 0 Å². The Morgan fingerprint density at radius 3 is 2.02 bits per heavy atom. The number of hydrogen-bond donors (Lipinski definition) is 0. The van der Waals surface area contributed by atoms with Gasteiger partial charge in [0.2, 0.25) is 0 Å². The number of thiophene rings is 1. The number of fused-ring (bicyclic) bond motifs is 18. The third kappa shape index (κ3) is 4.18. The Kier molecular flexibility index (Phi) is 6.46. The molecule has 0 fully saturated rings. The second-order valence-electron chi connectivity index (χ2n) is 20.5. The molecule has 0 bridgehead atoms. The van der Waals surface area contributed by atoms with Gasteiger partial charge in [-0.25, -0.2) is 0 Å². The lowest BCUT2D eigenvalue weighted by molar-refractivity contribution is 0.590. The van der Waals surface area contributed by atoms with Crippen LogP contribution in [0, 0.1) is 0 Å². The standard InChI is InChI=1S/C58H45BN2S/c1-56(2,3)32-20-22-33(23-21-32)61-48-30-39-34-14-8-11-17-42(34)58(6,7)45(39)28-40(48)36-24-25-38-53-47(27-26-44-52(53)37-16-9-12-18-43(37)57(44,4)5)60-49-31-51-41(35-15-10-13-19-50(35)62-51)29-46(49)59(61)54(36)55(38)60/h8-31H,1-7H3. The lowest BCUT2D eigenvalue weighted by atomic mass is 9.44. The summed E-state index contributed by atoms with van der Waals surface area (Å²) in [7, 11) is 0. The summed E-state index contributed by atoms with van der Waals surface area (Å²) in [6.07, 6.45) is 0. The van der Waals surface area contributed by atoms with E-state index >= 15 is 0 Å². The minimum absolute atomic E-state index is 0.0463. The van der Waals surface area contributed by atoms with E-state index in [4.69, 9.17) is 0 Å². The van der Waals surface area contributed by atoms with Gasteiger partial charge in [-0.15, -0.1) is 11.3 Å². The van der Waals surface area contributed by atoms with Crippen LogP contribution in [0.4, 0.5) is 11.4 Å². The average molecular weight is 813 g/mol. The summed E-state index contributed by atoms with van der Waals surface area (Å²) in [5.41, 5.74) is 24.2. The normalized spacial score (nSPS) is 15.9. The van der Waals surface area contributed by atoms with Crippen molar-refractivity contribution in [2.24, 2.45) is 0 Å². The van der Waals surface area contributed by atoms with Gasteiger partial charge in [-0.3, -0.25) is 0 Å². The highest BCUT2D eigenvalue weighted by molar-refractivity contribution is 7.25. The van der Waals surface area contributed by atoms with Gasteiger partial charge in [0.1, 0.15) is 0 Å². The van der Waals surface area contributed by atoms with E-state index < -0.39 is 0 Å². The molecule has 2 aliphatic heterocycles. The van der Waals surface area contributed by atoms with E-state index in [0.717, 1.165) is 0 Å². The molecule has 10 aromatic rings. The molecule has 4 aliphatic rings. The minimum Gasteiger partial charge on any atom is -0.376 e. The van der Waals surface area contributed by atoms with Crippen molar-refractivity contribution in [2.45, 2.75) is 64.7 Å². The summed E-state index contributed by atoms with van der Waals surface area (Å²) in [5, 5.41) is 5.39. The molecule has 0 spiro atoms. The van der Waals surface area contributed by atoms with Gasteiger partial charge in [-0.1, -0.05) is 152 Å². The maximum atomic E-state index is 2.72. The topological polar surface area (TPSA) is 8.17 Å². The van der Waals surface area contributed by atoms with Crippen LogP contribution >= 0.6 is 11.3 Å². The van der Waals surface area contributed by atoms with Gasteiger partial charge in [-0.05, 0) is 114 Å². The number of anilines is 2. The third-order valence-corrected chi connectivity index (χ3v) is 16.7. The van der Waals surface area contributed by atoms with Crippen LogP contribution in [-0.4, -0.2) is 11.4 Å². The van der Waals surface area contributed by atoms with Gasteiger partial charge in [0, 0.05) is 64.4 Å². The molecular formula is C58H45BN2S. The maximum absolute atomic E-state index is 2.72. The molecule has 2 aliphatic carbocycles. The minimum atomic E-state index is -0.119. The first-order valence-corrected chi connectivity index (χ1v) is 23.1. The molecule has 62 heavy (non-hydrogen) atoms. The predicted octanol–water partition coefficient (Wildman–Crippen LogP) is 14.3. The molecule has 0 saturated heterocycles. The lowest BCUT2D eigenvalue weighted by Crippen LogP contribution is -2.60. The van der Waals surface area contributed by atoms with Crippen molar-refractivity contribution in [1.29, 1.82) is 0 Å². The summed E-state index contributed by atoms with van der Waals surface area (Å²) in [6.45, 7) is 16.5. The molecule has 296 valence electrons. The molecule has 0 radical (unpaired) electrons. The van der Waals surface area contributed by atoms with Crippen molar-refractivity contribution in [2.75, 3.05) is 4.81 Å². The van der Waals surface area contributed by atoms with Crippen LogP contribution in [0.25, 0.3) is 81.0 Å². The van der Waals surface area contributed by atoms with Crippen molar-refractivity contribution in [3.8, 4) is 39.1 Å². The SMILES string of the molecule is CC(C)(C)c1ccc(N2B3c4cc5c(cc4-n4c6ccc7c(c6c6ccc(c3c64)-c3cc4c(cc32)-c2ccccc2C4(C)C)-c2ccccc2C7(C)C)sc2ccccc25)cc1. The fraction of sp³-hybridized carbons (Fsp3) is 0.172. The molecular weight excluding hydrogens is 768 g/mol. The molecule has 0 unspecified atom stereocenters. The highest BCUT2D eigenvalue weighted by atomic mass is 32.1. The van der Waals surface area contributed by atoms with E-state index in [1.807, 2.05) is 11.3 Å². The van der Waals surface area contributed by atoms with E-state index in [2.05, 4.69) is 203 Å². The van der Waals surface area contributed by atoms with Gasteiger partial charge in [0.25, 0.3) is 0 Å². The van der Waals surface area contributed by atoms with E-state index in [1.165, 1.54) is 131 Å². The lowest BCUT2D eigenvalue weighted by Gasteiger charge is -2.42. The Labute approximate surface area is 367 Å². The highest BCUT2D eigenvalue weighted by Gasteiger charge is 2.47. The maximum Gasteiger partial charge on any atom is 0.333 e. The Morgan fingerprint density at radius 2 is 1.23 bits per heavy atom. The first-order chi connectivity index (χ1) is 29.9. The van der Waals surface area contributed by atoms with Crippen molar-refractivity contribution >= 4 is 82.5 Å². The monoisotopic (exact) mass is 812 g/mol. The molecule has 14 rings (SSSR count). The summed E-state index contributed by atoms with van der Waals surface area (Å²) in [6, 6.07) is 56.9. The zero-order chi connectivity index (χ0) is 41.8. The van der Waals surface area contributed by atoms with Gasteiger partial charge < -0.3 is 9.38 Å². The zero-order valence-electron chi connectivity index (χ0n) is 36.2. The molecule has 4 heteroatoms. The number of hydrogen-bond acceptors (Lipinski definition) is 2. The van der Waals surface area contributed by atoms with Crippen LogP contribution in [0.2, 0.25) is 0 Å². The van der Waals surface area contributed by atoms with Crippen molar-refractivity contribution < 1.29 is 0 Å². The molecule has 8 aromatic carbocycles. The van der Waals surface area contributed by atoms with Gasteiger partial charge in [0.05, 0.1) is 11.0 Å². The Hall–Kier alpha value is -6.36. The summed E-state index contributed by atoms with van der Waals surface area (Å²) < 4.78 is 5.34. The molecule has 2 nitrogen and oxygen atoms in total. The predicted molar refractivity (Wildman–Crippen MR) is 267 cm³/mol. The highest BCUT2D eigenvalue weighted by Crippen LogP contribution is 2.57. The summed E-state index contributed by atoms with van der Waals surface area (Å²) >= 11 is 1.92. The average Bonchev–Trinajstić information content (AvgIpc) is 3.95. The fourth-order valence-electron chi connectivity index (χ4n) is 12.5. The summed E-state index contributed by atoms with van der Waals surface area (Å²) in [5.74, 6) is 0. The Bertz CT molecular complexity index is 3680. The van der Waals surface area contributed by atoms with E-state index in [0.29, 0.717) is 0 Å². The number of aromatic nitrogens is 1. The van der Waals surface area contributed by atoms with Gasteiger partial charge in [0.15, 0.2) is 0 Å².